The van der Waals surface area contributed by atoms with Crippen LogP contribution >= 0.6 is 0 Å². The van der Waals surface area contributed by atoms with Crippen molar-refractivity contribution in [2.75, 3.05) is 6.61 Å². The van der Waals surface area contributed by atoms with Gasteiger partial charge < -0.3 is 0 Å². The molecule has 0 radical (unpaired) electrons. The molecule has 0 saturated carbocycles. The molecular formula is C17H24O3S. The second-order valence-corrected chi connectivity index (χ2v) is 6.78. The van der Waals surface area contributed by atoms with Crippen LogP contribution in [0.5, 0.6) is 0 Å². The van der Waals surface area contributed by atoms with E-state index in [1.54, 1.807) is 24.3 Å². The fourth-order valence-corrected chi connectivity index (χ4v) is 2.92. The van der Waals surface area contributed by atoms with Crippen molar-refractivity contribution in [3.63, 3.8) is 0 Å². The second-order valence-electron chi connectivity index (χ2n) is 5.16. The number of hydrogen-bond acceptors (Lipinski definition) is 3. The average Bonchev–Trinajstić information content (AvgIpc) is 2.46. The van der Waals surface area contributed by atoms with E-state index in [0.717, 1.165) is 50.5 Å². The van der Waals surface area contributed by atoms with Crippen molar-refractivity contribution in [3.8, 4) is 12.3 Å². The first kappa shape index (κ1) is 17.7. The highest BCUT2D eigenvalue weighted by atomic mass is 32.2. The summed E-state index contributed by atoms with van der Waals surface area (Å²) in [7, 11) is -3.60. The van der Waals surface area contributed by atoms with Crippen molar-refractivity contribution in [1.82, 2.24) is 0 Å². The topological polar surface area (TPSA) is 43.4 Å². The van der Waals surface area contributed by atoms with Crippen LogP contribution in [0.1, 0.15) is 50.5 Å². The quantitative estimate of drug-likeness (QED) is 0.372. The van der Waals surface area contributed by atoms with E-state index in [0.29, 0.717) is 0 Å². The third-order valence-corrected chi connectivity index (χ3v) is 4.59. The van der Waals surface area contributed by atoms with E-state index in [-0.39, 0.29) is 11.5 Å². The van der Waals surface area contributed by atoms with Crippen molar-refractivity contribution in [2.24, 2.45) is 0 Å². The van der Waals surface area contributed by atoms with Gasteiger partial charge in [0.25, 0.3) is 10.1 Å². The van der Waals surface area contributed by atoms with E-state index < -0.39 is 10.1 Å². The molecule has 0 N–H and O–H groups in total. The zero-order chi connectivity index (χ0) is 15.6. The average molecular weight is 308 g/mol. The van der Waals surface area contributed by atoms with E-state index in [1.807, 2.05) is 6.92 Å². The van der Waals surface area contributed by atoms with Gasteiger partial charge in [-0.3, -0.25) is 4.18 Å². The van der Waals surface area contributed by atoms with Gasteiger partial charge in [0.1, 0.15) is 0 Å². The third kappa shape index (κ3) is 7.31. The maximum atomic E-state index is 11.9. The zero-order valence-electron chi connectivity index (χ0n) is 12.7. The summed E-state index contributed by atoms with van der Waals surface area (Å²) in [6.45, 7) is 2.17. The molecule has 0 aromatic heterocycles. The third-order valence-electron chi connectivity index (χ3n) is 3.26. The molecule has 4 heteroatoms. The van der Waals surface area contributed by atoms with Crippen molar-refractivity contribution in [3.05, 3.63) is 29.8 Å². The first-order valence-electron chi connectivity index (χ1n) is 7.46. The predicted octanol–water partition coefficient (Wildman–Crippen LogP) is 4.06. The van der Waals surface area contributed by atoms with Crippen LogP contribution in [0.25, 0.3) is 0 Å². The Labute approximate surface area is 128 Å². The fourth-order valence-electron chi connectivity index (χ4n) is 1.98. The normalized spacial score (nSPS) is 11.2. The summed E-state index contributed by atoms with van der Waals surface area (Å²) >= 11 is 0. The SMILES string of the molecule is C#CCCCCCCCCOS(=O)(=O)c1ccc(C)cc1. The molecule has 116 valence electrons. The lowest BCUT2D eigenvalue weighted by atomic mass is 10.1. The Kier molecular flexibility index (Phi) is 8.11. The molecule has 0 spiro atoms. The molecule has 0 aliphatic carbocycles. The Morgan fingerprint density at radius 3 is 2.19 bits per heavy atom. The molecule has 0 aliphatic rings. The summed E-state index contributed by atoms with van der Waals surface area (Å²) in [5, 5.41) is 0. The molecule has 0 unspecified atom stereocenters. The molecule has 3 nitrogen and oxygen atoms in total. The molecular weight excluding hydrogens is 284 g/mol. The van der Waals surface area contributed by atoms with Gasteiger partial charge in [-0.25, -0.2) is 0 Å². The number of benzene rings is 1. The van der Waals surface area contributed by atoms with Crippen molar-refractivity contribution >= 4 is 10.1 Å². The van der Waals surface area contributed by atoms with Crippen LogP contribution in [0.3, 0.4) is 0 Å². The van der Waals surface area contributed by atoms with Crippen molar-refractivity contribution in [1.29, 1.82) is 0 Å². The molecule has 0 heterocycles. The molecule has 0 aliphatic heterocycles. The number of hydrogen-bond donors (Lipinski definition) is 0. The molecule has 0 amide bonds. The van der Waals surface area contributed by atoms with Gasteiger partial charge in [0, 0.05) is 6.42 Å². The highest BCUT2D eigenvalue weighted by Crippen LogP contribution is 2.14. The molecule has 0 saturated heterocycles. The minimum Gasteiger partial charge on any atom is -0.266 e. The Morgan fingerprint density at radius 2 is 1.57 bits per heavy atom. The van der Waals surface area contributed by atoms with Crippen LogP contribution < -0.4 is 0 Å². The maximum absolute atomic E-state index is 11.9. The van der Waals surface area contributed by atoms with Crippen LogP contribution in [0.2, 0.25) is 0 Å². The summed E-state index contributed by atoms with van der Waals surface area (Å²) in [6, 6.07) is 6.70. The van der Waals surface area contributed by atoms with Gasteiger partial charge in [-0.15, -0.1) is 12.3 Å². The molecule has 0 fully saturated rings. The largest absolute Gasteiger partial charge is 0.296 e. The van der Waals surface area contributed by atoms with Crippen molar-refractivity contribution < 1.29 is 12.6 Å². The van der Waals surface area contributed by atoms with Gasteiger partial charge in [-0.1, -0.05) is 43.4 Å². The highest BCUT2D eigenvalue weighted by Gasteiger charge is 2.14. The van der Waals surface area contributed by atoms with Crippen LogP contribution in [-0.4, -0.2) is 15.0 Å². The Hall–Kier alpha value is -1.31. The predicted molar refractivity (Wildman–Crippen MR) is 85.5 cm³/mol. The van der Waals surface area contributed by atoms with E-state index in [4.69, 9.17) is 10.6 Å². The van der Waals surface area contributed by atoms with Crippen molar-refractivity contribution in [2.45, 2.75) is 56.8 Å². The minimum absolute atomic E-state index is 0.224. The summed E-state index contributed by atoms with van der Waals surface area (Å²) in [5.41, 5.74) is 1.03. The Balaban J connectivity index is 2.17. The second kappa shape index (κ2) is 9.59. The van der Waals surface area contributed by atoms with Gasteiger partial charge in [-0.2, -0.15) is 8.42 Å². The minimum atomic E-state index is -3.60. The van der Waals surface area contributed by atoms with Gasteiger partial charge in [0.15, 0.2) is 0 Å². The van der Waals surface area contributed by atoms with Crippen LogP contribution in [0.15, 0.2) is 29.2 Å². The standard InChI is InChI=1S/C17H24O3S/c1-3-4-5-6-7-8-9-10-15-20-21(18,19)17-13-11-16(2)12-14-17/h1,11-14H,4-10,15H2,2H3. The number of terminal acetylenes is 1. The smallest absolute Gasteiger partial charge is 0.266 e. The number of aryl methyl sites for hydroxylation is 1. The first-order valence-corrected chi connectivity index (χ1v) is 8.86. The molecule has 0 atom stereocenters. The molecule has 1 aromatic rings. The van der Waals surface area contributed by atoms with Gasteiger partial charge in [0.2, 0.25) is 0 Å². The van der Waals surface area contributed by atoms with Gasteiger partial charge in [0.05, 0.1) is 11.5 Å². The molecule has 1 rings (SSSR count). The lowest BCUT2D eigenvalue weighted by Gasteiger charge is -2.06. The number of unbranched alkanes of at least 4 members (excludes halogenated alkanes) is 6. The van der Waals surface area contributed by atoms with Crippen LogP contribution in [-0.2, 0) is 14.3 Å². The summed E-state index contributed by atoms with van der Waals surface area (Å²) in [4.78, 5) is 0.224. The Bertz CT molecular complexity index is 538. The molecule has 0 bridgehead atoms. The lowest BCUT2D eigenvalue weighted by molar-refractivity contribution is 0.306. The van der Waals surface area contributed by atoms with Crippen LogP contribution in [0.4, 0.5) is 0 Å². The summed E-state index contributed by atoms with van der Waals surface area (Å²) < 4.78 is 28.9. The highest BCUT2D eigenvalue weighted by molar-refractivity contribution is 7.86. The molecule has 1 aromatic carbocycles. The monoisotopic (exact) mass is 308 g/mol. The lowest BCUT2D eigenvalue weighted by Crippen LogP contribution is -2.07. The summed E-state index contributed by atoms with van der Waals surface area (Å²) in [5.74, 6) is 2.63. The Morgan fingerprint density at radius 1 is 1.00 bits per heavy atom. The first-order chi connectivity index (χ1) is 10.1. The van der Waals surface area contributed by atoms with E-state index in [1.165, 1.54) is 0 Å². The van der Waals surface area contributed by atoms with E-state index in [2.05, 4.69) is 5.92 Å². The maximum Gasteiger partial charge on any atom is 0.296 e. The van der Waals surface area contributed by atoms with E-state index >= 15 is 0 Å². The van der Waals surface area contributed by atoms with E-state index in [9.17, 15) is 8.42 Å². The molecule has 21 heavy (non-hydrogen) atoms. The van der Waals surface area contributed by atoms with Gasteiger partial charge >= 0.3 is 0 Å². The summed E-state index contributed by atoms with van der Waals surface area (Å²) in [6.07, 6.45) is 12.2. The van der Waals surface area contributed by atoms with Crippen LogP contribution in [0, 0.1) is 19.3 Å². The zero-order valence-corrected chi connectivity index (χ0v) is 13.5. The van der Waals surface area contributed by atoms with Gasteiger partial charge in [-0.05, 0) is 31.9 Å². The fraction of sp³-hybridized carbons (Fsp3) is 0.529. The number of rotatable bonds is 10.